The average molecular weight is 406 g/mol. The minimum Gasteiger partial charge on any atom is -0.468 e. The average Bonchev–Trinajstić information content (AvgIpc) is 3.48. The van der Waals surface area contributed by atoms with E-state index >= 15 is 0 Å². The number of hydrogen-bond acceptors (Lipinski definition) is 5. The van der Waals surface area contributed by atoms with Crippen molar-refractivity contribution in [3.63, 3.8) is 0 Å². The lowest BCUT2D eigenvalue weighted by molar-refractivity contribution is -0.142. The molecule has 1 N–H and O–H groups in total. The van der Waals surface area contributed by atoms with Crippen molar-refractivity contribution >= 4 is 11.9 Å². The fourth-order valence-corrected chi connectivity index (χ4v) is 4.19. The topological polar surface area (TPSA) is 73.5 Å². The van der Waals surface area contributed by atoms with Crippen LogP contribution in [0.2, 0.25) is 0 Å². The summed E-state index contributed by atoms with van der Waals surface area (Å²) in [6.45, 7) is 10.6. The van der Waals surface area contributed by atoms with Crippen LogP contribution in [0.15, 0.2) is 27.8 Å². The quantitative estimate of drug-likeness (QED) is 0.548. The van der Waals surface area contributed by atoms with E-state index in [1.807, 2.05) is 24.1 Å². The summed E-state index contributed by atoms with van der Waals surface area (Å²) in [4.78, 5) is 23.6. The molecule has 2 fully saturated rings. The Kier molecular flexibility index (Phi) is 7.94. The Morgan fingerprint density at radius 3 is 2.55 bits per heavy atom. The molecule has 162 valence electrons. The van der Waals surface area contributed by atoms with Gasteiger partial charge < -0.3 is 24.3 Å². The van der Waals surface area contributed by atoms with Crippen molar-refractivity contribution in [1.82, 2.24) is 20.0 Å². The number of piperazine rings is 1. The van der Waals surface area contributed by atoms with E-state index in [0.29, 0.717) is 19.7 Å². The minimum atomic E-state index is -0.234. The van der Waals surface area contributed by atoms with Gasteiger partial charge in [0.25, 0.3) is 5.91 Å². The highest BCUT2D eigenvalue weighted by Crippen LogP contribution is 2.20. The maximum atomic E-state index is 12.6. The first kappa shape index (κ1) is 21.6. The summed E-state index contributed by atoms with van der Waals surface area (Å²) in [5.74, 6) is 1.98. The lowest BCUT2D eigenvalue weighted by Crippen LogP contribution is -2.56. The summed E-state index contributed by atoms with van der Waals surface area (Å²) in [6.07, 6.45) is 3.32. The van der Waals surface area contributed by atoms with E-state index in [2.05, 4.69) is 34.0 Å². The summed E-state index contributed by atoms with van der Waals surface area (Å²) in [5.41, 5.74) is 0. The second-order valence-electron chi connectivity index (χ2n) is 7.49. The summed E-state index contributed by atoms with van der Waals surface area (Å²) >= 11 is 0. The molecule has 8 nitrogen and oxygen atoms in total. The molecule has 0 radical (unpaired) electrons. The normalized spacial score (nSPS) is 21.7. The number of aliphatic imine (C=N–C) groups is 1. The SMILES string of the molecule is CCN(CC)C(CNC(=NC)N1CCN(C(=O)C2CCCO2)CC1)c1ccco1. The van der Waals surface area contributed by atoms with Crippen molar-refractivity contribution in [1.29, 1.82) is 0 Å². The van der Waals surface area contributed by atoms with Crippen molar-refractivity contribution in [2.75, 3.05) is 59.5 Å². The van der Waals surface area contributed by atoms with Gasteiger partial charge in [0.15, 0.2) is 5.96 Å². The van der Waals surface area contributed by atoms with Crippen LogP contribution in [0, 0.1) is 0 Å². The monoisotopic (exact) mass is 405 g/mol. The molecule has 2 aliphatic rings. The molecule has 0 bridgehead atoms. The highest BCUT2D eigenvalue weighted by molar-refractivity contribution is 5.82. The van der Waals surface area contributed by atoms with Gasteiger partial charge in [0.1, 0.15) is 11.9 Å². The van der Waals surface area contributed by atoms with Gasteiger partial charge >= 0.3 is 0 Å². The number of furan rings is 1. The van der Waals surface area contributed by atoms with E-state index in [1.54, 1.807) is 6.26 Å². The molecule has 3 rings (SSSR count). The van der Waals surface area contributed by atoms with Crippen LogP contribution in [0.25, 0.3) is 0 Å². The predicted molar refractivity (Wildman–Crippen MR) is 113 cm³/mol. The molecule has 1 amide bonds. The molecule has 2 atom stereocenters. The Hall–Kier alpha value is -2.06. The first-order chi connectivity index (χ1) is 14.2. The highest BCUT2D eigenvalue weighted by Gasteiger charge is 2.31. The number of likely N-dealkylation sites (N-methyl/N-ethyl adjacent to an activating group) is 1. The number of rotatable bonds is 7. The predicted octanol–water partition coefficient (Wildman–Crippen LogP) is 1.56. The van der Waals surface area contributed by atoms with E-state index in [0.717, 1.165) is 57.3 Å². The Labute approximate surface area is 173 Å². The molecule has 2 saturated heterocycles. The van der Waals surface area contributed by atoms with E-state index in [1.165, 1.54) is 0 Å². The maximum Gasteiger partial charge on any atom is 0.251 e. The van der Waals surface area contributed by atoms with Crippen molar-refractivity contribution < 1.29 is 13.9 Å². The van der Waals surface area contributed by atoms with Crippen molar-refractivity contribution in [2.45, 2.75) is 38.8 Å². The van der Waals surface area contributed by atoms with E-state index in [9.17, 15) is 4.79 Å². The number of ether oxygens (including phenoxy) is 1. The lowest BCUT2D eigenvalue weighted by Gasteiger charge is -2.38. The van der Waals surface area contributed by atoms with Crippen LogP contribution in [0.3, 0.4) is 0 Å². The minimum absolute atomic E-state index is 0.143. The largest absolute Gasteiger partial charge is 0.468 e. The van der Waals surface area contributed by atoms with Gasteiger partial charge in [-0.2, -0.15) is 0 Å². The molecule has 0 aliphatic carbocycles. The highest BCUT2D eigenvalue weighted by atomic mass is 16.5. The second kappa shape index (κ2) is 10.6. The molecule has 0 aromatic carbocycles. The molecule has 2 aliphatic heterocycles. The van der Waals surface area contributed by atoms with Crippen LogP contribution in [0.5, 0.6) is 0 Å². The van der Waals surface area contributed by atoms with Gasteiger partial charge in [-0.05, 0) is 38.1 Å². The Balaban J connectivity index is 1.54. The van der Waals surface area contributed by atoms with Gasteiger partial charge in [-0.3, -0.25) is 14.7 Å². The van der Waals surface area contributed by atoms with E-state index in [4.69, 9.17) is 9.15 Å². The zero-order valence-corrected chi connectivity index (χ0v) is 18.0. The first-order valence-corrected chi connectivity index (χ1v) is 10.8. The molecule has 2 unspecified atom stereocenters. The summed E-state index contributed by atoms with van der Waals surface area (Å²) in [7, 11) is 1.81. The molecular formula is C21H35N5O3. The van der Waals surface area contributed by atoms with Crippen LogP contribution >= 0.6 is 0 Å². The van der Waals surface area contributed by atoms with Crippen LogP contribution in [0.1, 0.15) is 38.5 Å². The number of carbonyl (C=O) groups excluding carboxylic acids is 1. The maximum absolute atomic E-state index is 12.6. The van der Waals surface area contributed by atoms with Crippen LogP contribution in [-0.4, -0.2) is 92.1 Å². The van der Waals surface area contributed by atoms with Crippen LogP contribution < -0.4 is 5.32 Å². The fourth-order valence-electron chi connectivity index (χ4n) is 4.19. The van der Waals surface area contributed by atoms with Gasteiger partial charge in [0.2, 0.25) is 0 Å². The molecule has 29 heavy (non-hydrogen) atoms. The third kappa shape index (κ3) is 5.30. The summed E-state index contributed by atoms with van der Waals surface area (Å²) in [6, 6.07) is 4.12. The number of amides is 1. The number of hydrogen-bond donors (Lipinski definition) is 1. The third-order valence-electron chi connectivity index (χ3n) is 5.89. The van der Waals surface area contributed by atoms with Gasteiger partial charge in [-0.25, -0.2) is 0 Å². The Morgan fingerprint density at radius 1 is 1.28 bits per heavy atom. The van der Waals surface area contributed by atoms with Gasteiger partial charge in [0.05, 0.1) is 12.3 Å². The van der Waals surface area contributed by atoms with Crippen LogP contribution in [0.4, 0.5) is 0 Å². The number of nitrogens with one attached hydrogen (secondary N) is 1. The molecular weight excluding hydrogens is 370 g/mol. The summed E-state index contributed by atoms with van der Waals surface area (Å²) in [5, 5.41) is 3.52. The molecule has 0 spiro atoms. The van der Waals surface area contributed by atoms with Crippen LogP contribution in [-0.2, 0) is 9.53 Å². The first-order valence-electron chi connectivity index (χ1n) is 10.8. The van der Waals surface area contributed by atoms with Gasteiger partial charge in [-0.15, -0.1) is 0 Å². The summed E-state index contributed by atoms with van der Waals surface area (Å²) < 4.78 is 11.2. The lowest BCUT2D eigenvalue weighted by atomic mass is 10.2. The zero-order valence-electron chi connectivity index (χ0n) is 18.0. The van der Waals surface area contributed by atoms with Gasteiger partial charge in [-0.1, -0.05) is 13.8 Å². The standard InChI is InChI=1S/C21H35N5O3/c1-4-24(5-2)17(18-8-6-14-28-18)16-23-21(22-3)26-12-10-25(11-13-26)20(27)19-9-7-15-29-19/h6,8,14,17,19H,4-5,7,9-13,15-16H2,1-3H3,(H,22,23). The fraction of sp³-hybridized carbons (Fsp3) is 0.714. The Morgan fingerprint density at radius 2 is 2.00 bits per heavy atom. The zero-order chi connectivity index (χ0) is 20.6. The Bertz CT molecular complexity index is 645. The molecule has 0 saturated carbocycles. The van der Waals surface area contributed by atoms with E-state index < -0.39 is 0 Å². The van der Waals surface area contributed by atoms with Crippen molar-refractivity contribution in [2.24, 2.45) is 4.99 Å². The third-order valence-corrected chi connectivity index (χ3v) is 5.89. The molecule has 1 aromatic rings. The number of guanidine groups is 1. The van der Waals surface area contributed by atoms with Crippen molar-refractivity contribution in [3.8, 4) is 0 Å². The molecule has 3 heterocycles. The number of nitrogens with zero attached hydrogens (tertiary/aromatic N) is 4. The molecule has 8 heteroatoms. The number of carbonyl (C=O) groups is 1. The smallest absolute Gasteiger partial charge is 0.251 e. The van der Waals surface area contributed by atoms with Gasteiger partial charge in [0, 0.05) is 46.4 Å². The second-order valence-corrected chi connectivity index (χ2v) is 7.49. The van der Waals surface area contributed by atoms with E-state index in [-0.39, 0.29) is 18.1 Å². The van der Waals surface area contributed by atoms with Crippen molar-refractivity contribution in [3.05, 3.63) is 24.2 Å². The molecule has 1 aromatic heterocycles.